The SMILES string of the molecule is Cc1cc(CC(Cc2ccncc2)(C(=O)O)C(=O)C23CC4CC(CC(C4)C2)C3)on1. The van der Waals surface area contributed by atoms with Crippen molar-refractivity contribution in [2.75, 3.05) is 0 Å². The summed E-state index contributed by atoms with van der Waals surface area (Å²) in [5.41, 5.74) is -0.564. The van der Waals surface area contributed by atoms with Crippen LogP contribution in [0.4, 0.5) is 0 Å². The Hall–Kier alpha value is -2.50. The number of aryl methyl sites for hydroxylation is 1. The summed E-state index contributed by atoms with van der Waals surface area (Å²) < 4.78 is 5.40. The molecule has 6 nitrogen and oxygen atoms in total. The molecule has 0 radical (unpaired) electrons. The number of aliphatic carboxylic acids is 1. The van der Waals surface area contributed by atoms with Gasteiger partial charge in [0.2, 0.25) is 0 Å². The van der Waals surface area contributed by atoms with Crippen LogP contribution in [0.2, 0.25) is 0 Å². The van der Waals surface area contributed by atoms with E-state index in [0.29, 0.717) is 29.2 Å². The number of carbonyl (C=O) groups excluding carboxylic acids is 1. The van der Waals surface area contributed by atoms with Crippen molar-refractivity contribution in [2.24, 2.45) is 28.6 Å². The van der Waals surface area contributed by atoms with Crippen LogP contribution in [0.25, 0.3) is 0 Å². The lowest BCUT2D eigenvalue weighted by Crippen LogP contribution is -2.57. The molecule has 158 valence electrons. The molecule has 0 spiro atoms. The summed E-state index contributed by atoms with van der Waals surface area (Å²) in [5.74, 6) is 1.02. The summed E-state index contributed by atoms with van der Waals surface area (Å²) in [6, 6.07) is 5.35. The van der Waals surface area contributed by atoms with Crippen LogP contribution in [-0.2, 0) is 22.4 Å². The third-order valence-corrected chi connectivity index (χ3v) is 7.77. The third kappa shape index (κ3) is 3.17. The minimum absolute atomic E-state index is 0.0338. The van der Waals surface area contributed by atoms with Gasteiger partial charge in [-0.3, -0.25) is 14.6 Å². The molecule has 6 heteroatoms. The smallest absolute Gasteiger partial charge is 0.318 e. The second-order valence-corrected chi connectivity index (χ2v) is 10.1. The number of carboxylic acid groups (broad SMARTS) is 1. The molecular weight excluding hydrogens is 380 g/mol. The number of ketones is 1. The molecule has 4 bridgehead atoms. The van der Waals surface area contributed by atoms with Crippen molar-refractivity contribution in [1.82, 2.24) is 10.1 Å². The molecule has 0 aromatic carbocycles. The zero-order chi connectivity index (χ0) is 20.9. The molecule has 4 aliphatic rings. The molecule has 6 rings (SSSR count). The number of Topliss-reactive ketones (excluding diaryl/α,β-unsaturated/α-hetero) is 1. The summed E-state index contributed by atoms with van der Waals surface area (Å²) in [4.78, 5) is 31.2. The van der Waals surface area contributed by atoms with Gasteiger partial charge < -0.3 is 9.63 Å². The highest BCUT2D eigenvalue weighted by molar-refractivity contribution is 6.06. The lowest BCUT2D eigenvalue weighted by Gasteiger charge is -2.57. The quantitative estimate of drug-likeness (QED) is 0.696. The summed E-state index contributed by atoms with van der Waals surface area (Å²) >= 11 is 0. The van der Waals surface area contributed by atoms with Crippen LogP contribution in [0, 0.1) is 35.5 Å². The molecule has 1 N–H and O–H groups in total. The molecule has 4 aliphatic carbocycles. The maximum Gasteiger partial charge on any atom is 0.318 e. The maximum absolute atomic E-state index is 14.3. The molecule has 4 saturated carbocycles. The average Bonchev–Trinajstić information content (AvgIpc) is 3.11. The zero-order valence-electron chi connectivity index (χ0n) is 17.3. The first-order valence-electron chi connectivity index (χ1n) is 11.0. The van der Waals surface area contributed by atoms with E-state index in [4.69, 9.17) is 4.52 Å². The molecule has 1 atom stereocenters. The Morgan fingerprint density at radius 3 is 2.20 bits per heavy atom. The lowest BCUT2D eigenvalue weighted by atomic mass is 9.46. The first-order valence-corrected chi connectivity index (χ1v) is 11.0. The Morgan fingerprint density at radius 1 is 1.10 bits per heavy atom. The summed E-state index contributed by atoms with van der Waals surface area (Å²) in [7, 11) is 0. The zero-order valence-corrected chi connectivity index (χ0v) is 17.3. The molecule has 4 fully saturated rings. The van der Waals surface area contributed by atoms with Gasteiger partial charge in [-0.2, -0.15) is 0 Å². The van der Waals surface area contributed by atoms with Gasteiger partial charge in [0, 0.05) is 30.3 Å². The Balaban J connectivity index is 1.57. The number of hydrogen-bond donors (Lipinski definition) is 1. The van der Waals surface area contributed by atoms with Crippen molar-refractivity contribution in [3.63, 3.8) is 0 Å². The van der Waals surface area contributed by atoms with Crippen LogP contribution in [0.15, 0.2) is 35.1 Å². The number of nitrogens with zero attached hydrogens (tertiary/aromatic N) is 2. The molecular formula is C24H28N2O4. The minimum atomic E-state index is -1.56. The highest BCUT2D eigenvalue weighted by atomic mass is 16.5. The van der Waals surface area contributed by atoms with Crippen molar-refractivity contribution in [3.8, 4) is 0 Å². The minimum Gasteiger partial charge on any atom is -0.480 e. The monoisotopic (exact) mass is 408 g/mol. The Morgan fingerprint density at radius 2 is 1.70 bits per heavy atom. The number of carboxylic acids is 1. The predicted octanol–water partition coefficient (Wildman–Crippen LogP) is 4.02. The van der Waals surface area contributed by atoms with Gasteiger partial charge in [-0.05, 0) is 87.3 Å². The molecule has 1 unspecified atom stereocenters. The highest BCUT2D eigenvalue weighted by Crippen LogP contribution is 2.62. The van der Waals surface area contributed by atoms with Crippen LogP contribution in [0.5, 0.6) is 0 Å². The van der Waals surface area contributed by atoms with Gasteiger partial charge in [0.05, 0.1) is 5.69 Å². The molecule has 2 aromatic heterocycles. The first kappa shape index (κ1) is 19.5. The number of aromatic nitrogens is 2. The standard InChI is InChI=1S/C24H28N2O4/c1-15-6-20(30-26-15)14-24(22(28)29,13-16-2-4-25-5-3-16)21(27)23-10-17-7-18(11-23)9-19(8-17)12-23/h2-6,17-19H,7-14H2,1H3,(H,28,29). The van der Waals surface area contributed by atoms with Crippen molar-refractivity contribution >= 4 is 11.8 Å². The van der Waals surface area contributed by atoms with E-state index in [1.807, 2.05) is 0 Å². The van der Waals surface area contributed by atoms with E-state index < -0.39 is 16.8 Å². The number of rotatable bonds is 7. The van der Waals surface area contributed by atoms with Gasteiger partial charge in [-0.15, -0.1) is 0 Å². The van der Waals surface area contributed by atoms with Crippen molar-refractivity contribution < 1.29 is 19.2 Å². The summed E-state index contributed by atoms with van der Waals surface area (Å²) in [6.45, 7) is 1.80. The van der Waals surface area contributed by atoms with E-state index in [-0.39, 0.29) is 18.6 Å². The molecule has 0 aliphatic heterocycles. The predicted molar refractivity (Wildman–Crippen MR) is 109 cm³/mol. The van der Waals surface area contributed by atoms with Gasteiger partial charge >= 0.3 is 5.97 Å². The first-order chi connectivity index (χ1) is 14.4. The van der Waals surface area contributed by atoms with Crippen LogP contribution in [-0.4, -0.2) is 27.0 Å². The molecule has 0 amide bonds. The molecule has 0 saturated heterocycles. The number of pyridine rings is 1. The Labute approximate surface area is 176 Å². The van der Waals surface area contributed by atoms with Gasteiger partial charge in [0.15, 0.2) is 5.78 Å². The van der Waals surface area contributed by atoms with Crippen LogP contribution >= 0.6 is 0 Å². The molecule has 2 aromatic rings. The van der Waals surface area contributed by atoms with Crippen LogP contribution < -0.4 is 0 Å². The maximum atomic E-state index is 14.3. The van der Waals surface area contributed by atoms with Gasteiger partial charge in [-0.1, -0.05) is 5.16 Å². The molecule has 30 heavy (non-hydrogen) atoms. The van der Waals surface area contributed by atoms with E-state index in [0.717, 1.165) is 24.8 Å². The topological polar surface area (TPSA) is 93.3 Å². The van der Waals surface area contributed by atoms with E-state index in [1.165, 1.54) is 19.3 Å². The van der Waals surface area contributed by atoms with Gasteiger partial charge in [0.25, 0.3) is 0 Å². The van der Waals surface area contributed by atoms with Crippen LogP contribution in [0.3, 0.4) is 0 Å². The average molecular weight is 408 g/mol. The van der Waals surface area contributed by atoms with Crippen molar-refractivity contribution in [1.29, 1.82) is 0 Å². The normalized spacial score (nSPS) is 31.4. The second kappa shape index (κ2) is 7.03. The van der Waals surface area contributed by atoms with Crippen molar-refractivity contribution in [2.45, 2.75) is 58.3 Å². The van der Waals surface area contributed by atoms with Crippen LogP contribution in [0.1, 0.15) is 55.5 Å². The fourth-order valence-electron chi connectivity index (χ4n) is 7.01. The van der Waals surface area contributed by atoms with E-state index in [2.05, 4.69) is 10.1 Å². The summed E-state index contributed by atoms with van der Waals surface area (Å²) in [6.07, 6.45) is 9.63. The Kier molecular flexibility index (Phi) is 4.56. The Bertz CT molecular complexity index is 931. The second-order valence-electron chi connectivity index (χ2n) is 10.1. The molecule has 2 heterocycles. The number of carbonyl (C=O) groups is 2. The lowest BCUT2D eigenvalue weighted by molar-refractivity contribution is -0.167. The third-order valence-electron chi connectivity index (χ3n) is 7.77. The van der Waals surface area contributed by atoms with E-state index in [1.54, 1.807) is 37.5 Å². The fraction of sp³-hybridized carbons (Fsp3) is 0.583. The van der Waals surface area contributed by atoms with Gasteiger partial charge in [0.1, 0.15) is 11.2 Å². The van der Waals surface area contributed by atoms with Gasteiger partial charge in [-0.25, -0.2) is 0 Å². The fourth-order valence-corrected chi connectivity index (χ4v) is 7.01. The van der Waals surface area contributed by atoms with E-state index in [9.17, 15) is 14.7 Å². The number of hydrogen-bond acceptors (Lipinski definition) is 5. The largest absolute Gasteiger partial charge is 0.480 e. The summed E-state index contributed by atoms with van der Waals surface area (Å²) in [5, 5.41) is 14.5. The van der Waals surface area contributed by atoms with Crippen molar-refractivity contribution in [3.05, 3.63) is 47.6 Å². The highest BCUT2D eigenvalue weighted by Gasteiger charge is 2.61. The van der Waals surface area contributed by atoms with E-state index >= 15 is 0 Å².